The van der Waals surface area contributed by atoms with E-state index in [1.165, 1.54) is 6.07 Å². The lowest BCUT2D eigenvalue weighted by Gasteiger charge is -2.15. The summed E-state index contributed by atoms with van der Waals surface area (Å²) in [5.74, 6) is 0.134. The summed E-state index contributed by atoms with van der Waals surface area (Å²) >= 11 is 0. The van der Waals surface area contributed by atoms with Crippen LogP contribution in [0.3, 0.4) is 0 Å². The third-order valence-corrected chi connectivity index (χ3v) is 2.96. The average molecular weight is 258 g/mol. The molecular formula is C15H18N2O2. The van der Waals surface area contributed by atoms with Crippen LogP contribution in [0.1, 0.15) is 29.9 Å². The Morgan fingerprint density at radius 1 is 1.16 bits per heavy atom. The minimum absolute atomic E-state index is 0.0142. The summed E-state index contributed by atoms with van der Waals surface area (Å²) in [6.45, 7) is 4.57. The molecule has 4 nitrogen and oxygen atoms in total. The summed E-state index contributed by atoms with van der Waals surface area (Å²) in [6.07, 6.45) is 0. The van der Waals surface area contributed by atoms with E-state index >= 15 is 0 Å². The molecule has 0 aliphatic heterocycles. The molecule has 1 aromatic carbocycles. The van der Waals surface area contributed by atoms with Gasteiger partial charge in [-0.1, -0.05) is 6.07 Å². The van der Waals surface area contributed by atoms with E-state index in [4.69, 9.17) is 0 Å². The van der Waals surface area contributed by atoms with E-state index in [9.17, 15) is 10.2 Å². The van der Waals surface area contributed by atoms with Crippen molar-refractivity contribution < 1.29 is 10.2 Å². The van der Waals surface area contributed by atoms with Crippen LogP contribution in [0.4, 0.5) is 0 Å². The van der Waals surface area contributed by atoms with Gasteiger partial charge in [-0.15, -0.1) is 0 Å². The highest BCUT2D eigenvalue weighted by Gasteiger charge is 2.08. The maximum Gasteiger partial charge on any atom is 0.119 e. The highest BCUT2D eigenvalue weighted by molar-refractivity contribution is 5.37. The van der Waals surface area contributed by atoms with Gasteiger partial charge in [0.1, 0.15) is 11.5 Å². The van der Waals surface area contributed by atoms with Gasteiger partial charge in [-0.05, 0) is 43.7 Å². The van der Waals surface area contributed by atoms with Gasteiger partial charge in [-0.25, -0.2) is 0 Å². The molecule has 0 saturated heterocycles. The van der Waals surface area contributed by atoms with E-state index in [2.05, 4.69) is 10.3 Å². The normalized spacial score (nSPS) is 12.3. The van der Waals surface area contributed by atoms with E-state index in [1.807, 2.05) is 32.0 Å². The Kier molecular flexibility index (Phi) is 4.02. The van der Waals surface area contributed by atoms with Crippen molar-refractivity contribution in [3.63, 3.8) is 0 Å². The van der Waals surface area contributed by atoms with Gasteiger partial charge in [0.15, 0.2) is 0 Å². The number of benzene rings is 1. The molecule has 3 N–H and O–H groups in total. The zero-order valence-corrected chi connectivity index (χ0v) is 11.1. The average Bonchev–Trinajstić information content (AvgIpc) is 2.35. The summed E-state index contributed by atoms with van der Waals surface area (Å²) in [5.41, 5.74) is 2.79. The number of nitrogens with zero attached hydrogens (tertiary/aromatic N) is 1. The number of phenolic OH excluding ortho intramolecular Hbond substituents is 2. The summed E-state index contributed by atoms with van der Waals surface area (Å²) in [4.78, 5) is 4.41. The monoisotopic (exact) mass is 258 g/mol. The Labute approximate surface area is 112 Å². The molecule has 0 aliphatic rings. The molecule has 100 valence electrons. The highest BCUT2D eigenvalue weighted by Crippen LogP contribution is 2.24. The van der Waals surface area contributed by atoms with Crippen LogP contribution in [-0.2, 0) is 6.54 Å². The number of aromatic hydroxyl groups is 2. The molecule has 19 heavy (non-hydrogen) atoms. The molecule has 1 aromatic heterocycles. The molecule has 0 bridgehead atoms. The predicted octanol–water partition coefficient (Wildman–Crippen LogP) is 2.65. The quantitative estimate of drug-likeness (QED) is 0.788. The second-order valence-corrected chi connectivity index (χ2v) is 4.66. The van der Waals surface area contributed by atoms with E-state index in [1.54, 1.807) is 12.1 Å². The molecule has 0 fully saturated rings. The molecule has 0 spiro atoms. The SMILES string of the molecule is Cc1cccc(CNC(C)c2cc(O)cc(O)c2)n1. The van der Waals surface area contributed by atoms with Gasteiger partial charge in [0.2, 0.25) is 0 Å². The molecule has 0 radical (unpaired) electrons. The number of nitrogens with one attached hydrogen (secondary N) is 1. The zero-order chi connectivity index (χ0) is 13.8. The summed E-state index contributed by atoms with van der Waals surface area (Å²) in [6, 6.07) is 10.5. The van der Waals surface area contributed by atoms with Crippen LogP contribution < -0.4 is 5.32 Å². The molecule has 0 aliphatic carbocycles. The van der Waals surface area contributed by atoms with Crippen molar-refractivity contribution in [3.8, 4) is 11.5 Å². The lowest BCUT2D eigenvalue weighted by atomic mass is 10.1. The number of phenols is 2. The van der Waals surface area contributed by atoms with Crippen LogP contribution in [-0.4, -0.2) is 15.2 Å². The fourth-order valence-corrected chi connectivity index (χ4v) is 1.94. The van der Waals surface area contributed by atoms with Crippen molar-refractivity contribution >= 4 is 0 Å². The minimum atomic E-state index is 0.0142. The number of aromatic nitrogens is 1. The standard InChI is InChI=1S/C15H18N2O2/c1-10-4-3-5-13(17-10)9-16-11(2)12-6-14(18)8-15(19)7-12/h3-8,11,16,18-19H,9H2,1-2H3. The van der Waals surface area contributed by atoms with E-state index in [0.717, 1.165) is 17.0 Å². The van der Waals surface area contributed by atoms with Crippen molar-refractivity contribution in [1.82, 2.24) is 10.3 Å². The third kappa shape index (κ3) is 3.69. The largest absolute Gasteiger partial charge is 0.508 e. The van der Waals surface area contributed by atoms with Crippen LogP contribution in [0.2, 0.25) is 0 Å². The minimum Gasteiger partial charge on any atom is -0.508 e. The predicted molar refractivity (Wildman–Crippen MR) is 74.0 cm³/mol. The molecule has 2 rings (SSSR count). The van der Waals surface area contributed by atoms with Gasteiger partial charge in [-0.3, -0.25) is 4.98 Å². The first-order chi connectivity index (χ1) is 9.04. The Balaban J connectivity index is 2.03. The smallest absolute Gasteiger partial charge is 0.119 e. The third-order valence-electron chi connectivity index (χ3n) is 2.96. The number of pyridine rings is 1. The lowest BCUT2D eigenvalue weighted by molar-refractivity contribution is 0.446. The summed E-state index contributed by atoms with van der Waals surface area (Å²) in [7, 11) is 0. The summed E-state index contributed by atoms with van der Waals surface area (Å²) in [5, 5.41) is 22.2. The Morgan fingerprint density at radius 3 is 2.47 bits per heavy atom. The molecule has 2 aromatic rings. The Morgan fingerprint density at radius 2 is 1.84 bits per heavy atom. The van der Waals surface area contributed by atoms with E-state index in [0.29, 0.717) is 6.54 Å². The zero-order valence-electron chi connectivity index (χ0n) is 11.1. The van der Waals surface area contributed by atoms with Gasteiger partial charge < -0.3 is 15.5 Å². The summed E-state index contributed by atoms with van der Waals surface area (Å²) < 4.78 is 0. The van der Waals surface area contributed by atoms with Crippen LogP contribution in [0.15, 0.2) is 36.4 Å². The van der Waals surface area contributed by atoms with Crippen molar-refractivity contribution in [1.29, 1.82) is 0 Å². The molecule has 4 heteroatoms. The highest BCUT2D eigenvalue weighted by atomic mass is 16.3. The first kappa shape index (κ1) is 13.4. The molecule has 1 unspecified atom stereocenters. The maximum atomic E-state index is 9.46. The molecule has 0 amide bonds. The van der Waals surface area contributed by atoms with Crippen LogP contribution in [0.5, 0.6) is 11.5 Å². The molecule has 0 saturated carbocycles. The number of rotatable bonds is 4. The van der Waals surface area contributed by atoms with Gasteiger partial charge in [0.25, 0.3) is 0 Å². The van der Waals surface area contributed by atoms with Gasteiger partial charge >= 0.3 is 0 Å². The van der Waals surface area contributed by atoms with E-state index < -0.39 is 0 Å². The fourth-order valence-electron chi connectivity index (χ4n) is 1.94. The second kappa shape index (κ2) is 5.71. The van der Waals surface area contributed by atoms with Crippen LogP contribution in [0.25, 0.3) is 0 Å². The molecular weight excluding hydrogens is 240 g/mol. The topological polar surface area (TPSA) is 65.4 Å². The first-order valence-electron chi connectivity index (χ1n) is 6.23. The number of hydrogen-bond donors (Lipinski definition) is 3. The van der Waals surface area contributed by atoms with Gasteiger partial charge in [-0.2, -0.15) is 0 Å². The fraction of sp³-hybridized carbons (Fsp3) is 0.267. The lowest BCUT2D eigenvalue weighted by Crippen LogP contribution is -2.18. The maximum absolute atomic E-state index is 9.46. The second-order valence-electron chi connectivity index (χ2n) is 4.66. The van der Waals surface area contributed by atoms with E-state index in [-0.39, 0.29) is 17.5 Å². The Hall–Kier alpha value is -2.07. The van der Waals surface area contributed by atoms with Crippen molar-refractivity contribution in [2.75, 3.05) is 0 Å². The van der Waals surface area contributed by atoms with Crippen LogP contribution >= 0.6 is 0 Å². The molecule has 1 atom stereocenters. The van der Waals surface area contributed by atoms with Crippen molar-refractivity contribution in [2.24, 2.45) is 0 Å². The first-order valence-corrected chi connectivity index (χ1v) is 6.23. The van der Waals surface area contributed by atoms with Gasteiger partial charge in [0, 0.05) is 24.3 Å². The number of aryl methyl sites for hydroxylation is 1. The van der Waals surface area contributed by atoms with Crippen molar-refractivity contribution in [3.05, 3.63) is 53.3 Å². The van der Waals surface area contributed by atoms with Gasteiger partial charge in [0.05, 0.1) is 5.69 Å². The number of hydrogen-bond acceptors (Lipinski definition) is 4. The Bertz CT molecular complexity index is 550. The molecule has 1 heterocycles. The van der Waals surface area contributed by atoms with Crippen LogP contribution in [0, 0.1) is 6.92 Å². The van der Waals surface area contributed by atoms with Crippen molar-refractivity contribution in [2.45, 2.75) is 26.4 Å².